The second kappa shape index (κ2) is 6.87. The number of amides is 1. The lowest BCUT2D eigenvalue weighted by atomic mass is 10.1. The SMILES string of the molecule is O=C1c2cccn2C2CN(Cc3ccc(F)cc3)CC2N1Cc1ccccn1. The molecule has 5 nitrogen and oxygen atoms in total. The molecule has 1 saturated heterocycles. The summed E-state index contributed by atoms with van der Waals surface area (Å²) >= 11 is 0. The minimum absolute atomic E-state index is 0.0561. The molecular formula is C22H21FN4O. The number of likely N-dealkylation sites (tertiary alicyclic amines) is 1. The number of aromatic nitrogens is 2. The first-order valence-electron chi connectivity index (χ1n) is 9.53. The van der Waals surface area contributed by atoms with Crippen LogP contribution in [-0.4, -0.2) is 44.4 Å². The molecule has 1 aromatic carbocycles. The van der Waals surface area contributed by atoms with E-state index >= 15 is 0 Å². The number of rotatable bonds is 4. The van der Waals surface area contributed by atoms with Gasteiger partial charge < -0.3 is 9.47 Å². The molecule has 0 bridgehead atoms. The van der Waals surface area contributed by atoms with Crippen molar-refractivity contribution < 1.29 is 9.18 Å². The predicted molar refractivity (Wildman–Crippen MR) is 103 cm³/mol. The van der Waals surface area contributed by atoms with E-state index in [0.717, 1.165) is 36.6 Å². The number of carbonyl (C=O) groups is 1. The number of benzene rings is 1. The molecule has 0 aliphatic carbocycles. The monoisotopic (exact) mass is 376 g/mol. The van der Waals surface area contributed by atoms with Crippen molar-refractivity contribution in [2.45, 2.75) is 25.2 Å². The fraction of sp³-hybridized carbons (Fsp3) is 0.273. The summed E-state index contributed by atoms with van der Waals surface area (Å²) in [4.78, 5) is 21.9. The Labute approximate surface area is 163 Å². The number of nitrogens with zero attached hydrogens (tertiary/aromatic N) is 4. The van der Waals surface area contributed by atoms with Crippen LogP contribution in [0.5, 0.6) is 0 Å². The number of fused-ring (bicyclic) bond motifs is 3. The highest BCUT2D eigenvalue weighted by atomic mass is 19.1. The molecule has 0 spiro atoms. The molecule has 2 unspecified atom stereocenters. The highest BCUT2D eigenvalue weighted by molar-refractivity contribution is 5.94. The highest BCUT2D eigenvalue weighted by Crippen LogP contribution is 2.35. The van der Waals surface area contributed by atoms with Crippen molar-refractivity contribution in [1.29, 1.82) is 0 Å². The van der Waals surface area contributed by atoms with Crippen molar-refractivity contribution in [2.24, 2.45) is 0 Å². The molecular weight excluding hydrogens is 355 g/mol. The van der Waals surface area contributed by atoms with E-state index in [0.29, 0.717) is 6.54 Å². The zero-order chi connectivity index (χ0) is 19.1. The van der Waals surface area contributed by atoms with E-state index < -0.39 is 0 Å². The quantitative estimate of drug-likeness (QED) is 0.703. The van der Waals surface area contributed by atoms with Crippen LogP contribution >= 0.6 is 0 Å². The van der Waals surface area contributed by atoms with E-state index in [2.05, 4.69) is 14.5 Å². The molecule has 0 N–H and O–H groups in total. The lowest BCUT2D eigenvalue weighted by Crippen LogP contribution is -2.49. The normalized spacial score (nSPS) is 21.6. The van der Waals surface area contributed by atoms with Gasteiger partial charge in [-0.25, -0.2) is 4.39 Å². The number of halogens is 1. The topological polar surface area (TPSA) is 41.4 Å². The Bertz CT molecular complexity index is 985. The van der Waals surface area contributed by atoms with Crippen LogP contribution in [-0.2, 0) is 13.1 Å². The highest BCUT2D eigenvalue weighted by Gasteiger charge is 2.44. The van der Waals surface area contributed by atoms with Crippen LogP contribution in [0, 0.1) is 5.82 Å². The summed E-state index contributed by atoms with van der Waals surface area (Å²) in [5.41, 5.74) is 2.71. The number of hydrogen-bond donors (Lipinski definition) is 0. The minimum atomic E-state index is -0.219. The van der Waals surface area contributed by atoms with Gasteiger partial charge in [0, 0.05) is 32.0 Å². The number of hydrogen-bond acceptors (Lipinski definition) is 3. The summed E-state index contributed by atoms with van der Waals surface area (Å²) in [6, 6.07) is 16.6. The maximum Gasteiger partial charge on any atom is 0.271 e. The van der Waals surface area contributed by atoms with Crippen molar-refractivity contribution >= 4 is 5.91 Å². The Kier molecular flexibility index (Phi) is 4.20. The van der Waals surface area contributed by atoms with Gasteiger partial charge in [0.2, 0.25) is 0 Å². The molecule has 0 saturated carbocycles. The summed E-state index contributed by atoms with van der Waals surface area (Å²) in [6.07, 6.45) is 3.77. The van der Waals surface area contributed by atoms with Crippen molar-refractivity contribution in [2.75, 3.05) is 13.1 Å². The van der Waals surface area contributed by atoms with Gasteiger partial charge in [0.05, 0.1) is 24.3 Å². The van der Waals surface area contributed by atoms with Crippen LogP contribution in [0.3, 0.4) is 0 Å². The molecule has 142 valence electrons. The van der Waals surface area contributed by atoms with Gasteiger partial charge >= 0.3 is 0 Å². The Hall–Kier alpha value is -2.99. The van der Waals surface area contributed by atoms with Crippen LogP contribution in [0.15, 0.2) is 67.0 Å². The predicted octanol–water partition coefficient (Wildman–Crippen LogP) is 3.10. The van der Waals surface area contributed by atoms with Gasteiger partial charge in [-0.05, 0) is 42.0 Å². The smallest absolute Gasteiger partial charge is 0.271 e. The lowest BCUT2D eigenvalue weighted by Gasteiger charge is -2.38. The van der Waals surface area contributed by atoms with E-state index in [1.807, 2.05) is 53.6 Å². The Morgan fingerprint density at radius 2 is 1.79 bits per heavy atom. The van der Waals surface area contributed by atoms with E-state index in [4.69, 9.17) is 0 Å². The average molecular weight is 376 g/mol. The molecule has 1 amide bonds. The molecule has 0 radical (unpaired) electrons. The van der Waals surface area contributed by atoms with Crippen molar-refractivity contribution in [1.82, 2.24) is 19.4 Å². The largest absolute Gasteiger partial charge is 0.337 e. The summed E-state index contributed by atoms with van der Waals surface area (Å²) in [7, 11) is 0. The van der Waals surface area contributed by atoms with Gasteiger partial charge in [-0.3, -0.25) is 14.7 Å². The van der Waals surface area contributed by atoms with Crippen molar-refractivity contribution in [3.05, 3.63) is 89.8 Å². The van der Waals surface area contributed by atoms with Crippen LogP contribution in [0.4, 0.5) is 4.39 Å². The molecule has 6 heteroatoms. The third-order valence-corrected chi connectivity index (χ3v) is 5.73. The van der Waals surface area contributed by atoms with Crippen LogP contribution in [0.1, 0.15) is 27.8 Å². The van der Waals surface area contributed by atoms with Gasteiger partial charge in [-0.1, -0.05) is 18.2 Å². The summed E-state index contributed by atoms with van der Waals surface area (Å²) in [5.74, 6) is -0.163. The zero-order valence-corrected chi connectivity index (χ0v) is 15.4. The van der Waals surface area contributed by atoms with Crippen molar-refractivity contribution in [3.8, 4) is 0 Å². The molecule has 3 aromatic rings. The van der Waals surface area contributed by atoms with E-state index in [1.165, 1.54) is 12.1 Å². The number of pyridine rings is 1. The van der Waals surface area contributed by atoms with Gasteiger partial charge in [0.1, 0.15) is 11.5 Å². The van der Waals surface area contributed by atoms with Crippen LogP contribution < -0.4 is 0 Å². The Balaban J connectivity index is 1.42. The van der Waals surface area contributed by atoms with E-state index in [1.54, 1.807) is 6.20 Å². The van der Waals surface area contributed by atoms with Crippen molar-refractivity contribution in [3.63, 3.8) is 0 Å². The van der Waals surface area contributed by atoms with Crippen LogP contribution in [0.2, 0.25) is 0 Å². The zero-order valence-electron chi connectivity index (χ0n) is 15.4. The van der Waals surface area contributed by atoms with Gasteiger partial charge in [0.15, 0.2) is 0 Å². The lowest BCUT2D eigenvalue weighted by molar-refractivity contribution is 0.0553. The van der Waals surface area contributed by atoms with Crippen LogP contribution in [0.25, 0.3) is 0 Å². The summed E-state index contributed by atoms with van der Waals surface area (Å²) in [6.45, 7) is 2.90. The third kappa shape index (κ3) is 2.99. The van der Waals surface area contributed by atoms with E-state index in [9.17, 15) is 9.18 Å². The van der Waals surface area contributed by atoms with Gasteiger partial charge in [-0.15, -0.1) is 0 Å². The fourth-order valence-corrected chi connectivity index (χ4v) is 4.42. The second-order valence-electron chi connectivity index (χ2n) is 7.51. The Morgan fingerprint density at radius 3 is 2.57 bits per heavy atom. The van der Waals surface area contributed by atoms with Gasteiger partial charge in [-0.2, -0.15) is 0 Å². The average Bonchev–Trinajstić information content (AvgIpc) is 3.35. The maximum absolute atomic E-state index is 13.2. The molecule has 1 fully saturated rings. The molecule has 28 heavy (non-hydrogen) atoms. The maximum atomic E-state index is 13.2. The Morgan fingerprint density at radius 1 is 0.964 bits per heavy atom. The molecule has 5 rings (SSSR count). The molecule has 2 atom stereocenters. The molecule has 2 aromatic heterocycles. The first kappa shape index (κ1) is 17.1. The second-order valence-corrected chi connectivity index (χ2v) is 7.51. The minimum Gasteiger partial charge on any atom is -0.337 e. The van der Waals surface area contributed by atoms with Gasteiger partial charge in [0.25, 0.3) is 5.91 Å². The van der Waals surface area contributed by atoms with E-state index in [-0.39, 0.29) is 23.8 Å². The first-order chi connectivity index (χ1) is 13.7. The molecule has 2 aliphatic heterocycles. The first-order valence-corrected chi connectivity index (χ1v) is 9.53. The summed E-state index contributed by atoms with van der Waals surface area (Å²) in [5, 5.41) is 0. The summed E-state index contributed by atoms with van der Waals surface area (Å²) < 4.78 is 15.3. The number of carbonyl (C=O) groups excluding carboxylic acids is 1. The molecule has 2 aliphatic rings. The molecule has 4 heterocycles. The fourth-order valence-electron chi connectivity index (χ4n) is 4.42. The third-order valence-electron chi connectivity index (χ3n) is 5.73. The standard InChI is InChI=1S/C22H21FN4O/c23-17-8-6-16(7-9-17)12-25-14-20-21(15-25)27(13-18-4-1-2-10-24-18)22(28)19-5-3-11-26(19)20/h1-11,20-21H,12-15H2.